The average Bonchev–Trinajstić information content (AvgIpc) is 2.43. The predicted octanol–water partition coefficient (Wildman–Crippen LogP) is 3.45. The van der Waals surface area contributed by atoms with Gasteiger partial charge in [0.25, 0.3) is 9.05 Å². The normalized spacial score (nSPS) is 12.2. The van der Waals surface area contributed by atoms with Gasteiger partial charge in [-0.15, -0.1) is 11.3 Å². The van der Waals surface area contributed by atoms with Gasteiger partial charge in [-0.2, -0.15) is 0 Å². The van der Waals surface area contributed by atoms with E-state index < -0.39 is 9.05 Å². The standard InChI is InChI=1S/C10H9ClO2S2/c1-6-3-4-9-8(5-6)7(2)10(14-9)15(11,12)13/h3-5H,1-2H3. The molecule has 1 aromatic heterocycles. The van der Waals surface area contributed by atoms with Crippen molar-refractivity contribution in [2.75, 3.05) is 0 Å². The highest BCUT2D eigenvalue weighted by atomic mass is 35.7. The highest BCUT2D eigenvalue weighted by Crippen LogP contribution is 2.36. The molecule has 2 aromatic rings. The van der Waals surface area contributed by atoms with Crippen molar-refractivity contribution in [2.45, 2.75) is 18.1 Å². The zero-order valence-electron chi connectivity index (χ0n) is 8.24. The Balaban J connectivity index is 2.87. The van der Waals surface area contributed by atoms with Crippen LogP contribution < -0.4 is 0 Å². The van der Waals surface area contributed by atoms with E-state index in [1.165, 1.54) is 11.3 Å². The van der Waals surface area contributed by atoms with Crippen molar-refractivity contribution in [2.24, 2.45) is 0 Å². The lowest BCUT2D eigenvalue weighted by Crippen LogP contribution is -1.87. The van der Waals surface area contributed by atoms with Crippen molar-refractivity contribution in [1.29, 1.82) is 0 Å². The van der Waals surface area contributed by atoms with Gasteiger partial charge in [0.1, 0.15) is 4.21 Å². The maximum atomic E-state index is 11.3. The van der Waals surface area contributed by atoms with Gasteiger partial charge in [0.2, 0.25) is 0 Å². The first-order chi connectivity index (χ1) is 6.89. The van der Waals surface area contributed by atoms with Gasteiger partial charge in [-0.3, -0.25) is 0 Å². The second-order valence-corrected chi connectivity index (χ2v) is 7.27. The summed E-state index contributed by atoms with van der Waals surface area (Å²) in [4.78, 5) is 0. The summed E-state index contributed by atoms with van der Waals surface area (Å²) in [6.07, 6.45) is 0. The third kappa shape index (κ3) is 1.89. The minimum Gasteiger partial charge on any atom is -0.206 e. The van der Waals surface area contributed by atoms with E-state index >= 15 is 0 Å². The molecule has 0 saturated heterocycles. The maximum absolute atomic E-state index is 11.3. The van der Waals surface area contributed by atoms with E-state index in [9.17, 15) is 8.42 Å². The number of halogens is 1. The molecule has 2 nitrogen and oxygen atoms in total. The van der Waals surface area contributed by atoms with E-state index in [-0.39, 0.29) is 4.21 Å². The van der Waals surface area contributed by atoms with Gasteiger partial charge in [-0.25, -0.2) is 8.42 Å². The van der Waals surface area contributed by atoms with Crippen LogP contribution in [-0.2, 0) is 9.05 Å². The Morgan fingerprint density at radius 3 is 2.53 bits per heavy atom. The maximum Gasteiger partial charge on any atom is 0.271 e. The van der Waals surface area contributed by atoms with E-state index in [0.717, 1.165) is 21.2 Å². The first-order valence-corrected chi connectivity index (χ1v) is 7.46. The van der Waals surface area contributed by atoms with Gasteiger partial charge in [-0.1, -0.05) is 17.7 Å². The van der Waals surface area contributed by atoms with Gasteiger partial charge in [0.15, 0.2) is 0 Å². The second-order valence-electron chi connectivity index (χ2n) is 3.45. The van der Waals surface area contributed by atoms with Crippen LogP contribution in [0.2, 0.25) is 0 Å². The van der Waals surface area contributed by atoms with E-state index in [0.29, 0.717) is 0 Å². The van der Waals surface area contributed by atoms with Crippen LogP contribution in [0.15, 0.2) is 22.4 Å². The third-order valence-electron chi connectivity index (χ3n) is 2.27. The smallest absolute Gasteiger partial charge is 0.206 e. The summed E-state index contributed by atoms with van der Waals surface area (Å²) in [6, 6.07) is 5.86. The number of rotatable bonds is 1. The molecule has 0 radical (unpaired) electrons. The lowest BCUT2D eigenvalue weighted by Gasteiger charge is -1.94. The summed E-state index contributed by atoms with van der Waals surface area (Å²) in [5, 5.41) is 0.972. The van der Waals surface area contributed by atoms with Crippen molar-refractivity contribution >= 4 is 41.2 Å². The summed E-state index contributed by atoms with van der Waals surface area (Å²) in [6.45, 7) is 3.76. The summed E-state index contributed by atoms with van der Waals surface area (Å²) < 4.78 is 23.8. The van der Waals surface area contributed by atoms with Crippen LogP contribution in [0.25, 0.3) is 10.1 Å². The molecule has 0 amide bonds. The monoisotopic (exact) mass is 260 g/mol. The van der Waals surface area contributed by atoms with Gasteiger partial charge in [0, 0.05) is 15.4 Å². The fourth-order valence-corrected chi connectivity index (χ4v) is 4.24. The Morgan fingerprint density at radius 1 is 1.27 bits per heavy atom. The van der Waals surface area contributed by atoms with E-state index in [4.69, 9.17) is 10.7 Å². The molecule has 0 aliphatic carbocycles. The summed E-state index contributed by atoms with van der Waals surface area (Å²) in [5.41, 5.74) is 1.86. The molecule has 0 spiro atoms. The quantitative estimate of drug-likeness (QED) is 0.736. The Hall–Kier alpha value is -0.580. The summed E-state index contributed by atoms with van der Waals surface area (Å²) in [5.74, 6) is 0. The molecule has 0 fully saturated rings. The number of aryl methyl sites for hydroxylation is 2. The van der Waals surface area contributed by atoms with Crippen molar-refractivity contribution in [1.82, 2.24) is 0 Å². The molecule has 0 saturated carbocycles. The minimum atomic E-state index is -3.62. The topological polar surface area (TPSA) is 34.1 Å². The lowest BCUT2D eigenvalue weighted by molar-refractivity contribution is 0.611. The second kappa shape index (κ2) is 3.47. The predicted molar refractivity (Wildman–Crippen MR) is 64.3 cm³/mol. The zero-order chi connectivity index (χ0) is 11.2. The van der Waals surface area contributed by atoms with Gasteiger partial charge >= 0.3 is 0 Å². The minimum absolute atomic E-state index is 0.254. The first-order valence-electron chi connectivity index (χ1n) is 4.34. The Kier molecular flexibility index (Phi) is 2.53. The van der Waals surface area contributed by atoms with Crippen molar-refractivity contribution < 1.29 is 8.42 Å². The fourth-order valence-electron chi connectivity index (χ4n) is 1.54. The summed E-state index contributed by atoms with van der Waals surface area (Å²) >= 11 is 1.22. The fraction of sp³-hybridized carbons (Fsp3) is 0.200. The number of hydrogen-bond acceptors (Lipinski definition) is 3. The van der Waals surface area contributed by atoms with Crippen LogP contribution in [0.5, 0.6) is 0 Å². The molecule has 15 heavy (non-hydrogen) atoms. The molecule has 2 rings (SSSR count). The highest BCUT2D eigenvalue weighted by molar-refractivity contribution is 8.15. The zero-order valence-corrected chi connectivity index (χ0v) is 10.6. The van der Waals surface area contributed by atoms with Crippen molar-refractivity contribution in [3.63, 3.8) is 0 Å². The van der Waals surface area contributed by atoms with E-state index in [1.807, 2.05) is 25.1 Å². The van der Waals surface area contributed by atoms with Crippen LogP contribution in [-0.4, -0.2) is 8.42 Å². The molecule has 0 atom stereocenters. The SMILES string of the molecule is Cc1ccc2sc(S(=O)(=O)Cl)c(C)c2c1. The third-order valence-corrected chi connectivity index (χ3v) is 5.73. The highest BCUT2D eigenvalue weighted by Gasteiger charge is 2.18. The average molecular weight is 261 g/mol. The molecule has 80 valence electrons. The number of fused-ring (bicyclic) bond motifs is 1. The van der Waals surface area contributed by atoms with Crippen LogP contribution >= 0.6 is 22.0 Å². The van der Waals surface area contributed by atoms with Crippen molar-refractivity contribution in [3.8, 4) is 0 Å². The van der Waals surface area contributed by atoms with Gasteiger partial charge in [-0.05, 0) is 30.9 Å². The molecule has 0 aliphatic rings. The molecule has 0 bridgehead atoms. The molecule has 0 N–H and O–H groups in total. The number of benzene rings is 1. The molecule has 5 heteroatoms. The number of thiophene rings is 1. The first kappa shape index (κ1) is 10.9. The molecule has 1 aromatic carbocycles. The largest absolute Gasteiger partial charge is 0.271 e. The van der Waals surface area contributed by atoms with Gasteiger partial charge < -0.3 is 0 Å². The molecule has 0 unspecified atom stereocenters. The van der Waals surface area contributed by atoms with E-state index in [1.54, 1.807) is 6.92 Å². The van der Waals surface area contributed by atoms with Crippen LogP contribution in [0, 0.1) is 13.8 Å². The lowest BCUT2D eigenvalue weighted by atomic mass is 10.1. The molecular formula is C10H9ClO2S2. The number of hydrogen-bond donors (Lipinski definition) is 0. The Morgan fingerprint density at radius 2 is 1.93 bits per heavy atom. The van der Waals surface area contributed by atoms with Crippen LogP contribution in [0.4, 0.5) is 0 Å². The Labute approximate surface area is 96.9 Å². The Bertz CT molecular complexity index is 626. The van der Waals surface area contributed by atoms with Crippen LogP contribution in [0.1, 0.15) is 11.1 Å². The van der Waals surface area contributed by atoms with E-state index in [2.05, 4.69) is 0 Å². The summed E-state index contributed by atoms with van der Waals surface area (Å²) in [7, 11) is 1.74. The van der Waals surface area contributed by atoms with Crippen LogP contribution in [0.3, 0.4) is 0 Å². The van der Waals surface area contributed by atoms with Gasteiger partial charge in [0.05, 0.1) is 0 Å². The molecule has 0 aliphatic heterocycles. The molecular weight excluding hydrogens is 252 g/mol. The molecule has 1 heterocycles. The van der Waals surface area contributed by atoms with Crippen molar-refractivity contribution in [3.05, 3.63) is 29.3 Å².